The summed E-state index contributed by atoms with van der Waals surface area (Å²) in [6.45, 7) is 21.6. The SMILES string of the molecule is COc1ccc(C(OC[C@@H]2C[C@@H](OP(OCCC#N)N(C(C)C)C(C)C)CN2C(=O)CON=C2CC[C@@]3(C)C(=CC[C@H]4[C@@H]5CC[C@H]([C@H](C)CCCC(C)C)[C@@]5(C)CC[C@@H]43)C2)(c2ccccc2)c2ccc(OC)cc2)cc1. The monoisotopic (exact) mass is 1060 g/mol. The molecule has 1 amide bonds. The average molecular weight is 1060 g/mol. The molecular formula is C64H91N4O7P. The zero-order valence-electron chi connectivity index (χ0n) is 48.0. The van der Waals surface area contributed by atoms with Crippen LogP contribution in [0.2, 0.25) is 0 Å². The standard InChI is InChI=1S/C64H91N4O7P/c1-44(2)17-15-18-47(7)58-31-32-59-57-30-25-51-39-52(33-35-62(51,8)60(57)34-36-63(58,59)9)66-73-43-61(69)67-41-56(75-76(74-38-16-37-65)68(45(3)4)46(5)6)40-53(67)42-72-64(48-19-13-12-14-20-48,49-21-26-54(70-10)27-22-49)50-23-28-55(71-11)29-24-50/h12-14,19-29,44-47,53,56-60H,15-18,30-36,38-43H2,1-11H3/t47-,53+,56-,57+,58-,59+,60+,62+,63-,76?/m1/s1. The molecule has 12 heteroatoms. The Morgan fingerprint density at radius 1 is 0.855 bits per heavy atom. The Hall–Kier alpha value is -4.30. The second-order valence-electron chi connectivity index (χ2n) is 24.4. The Bertz CT molecular complexity index is 2400. The molecule has 1 heterocycles. The van der Waals surface area contributed by atoms with Crippen molar-refractivity contribution >= 4 is 20.1 Å². The van der Waals surface area contributed by atoms with Gasteiger partial charge in [0.15, 0.2) is 6.61 Å². The number of carbonyl (C=O) groups excluding carboxylic acids is 1. The van der Waals surface area contributed by atoms with Gasteiger partial charge in [-0.15, -0.1) is 0 Å². The van der Waals surface area contributed by atoms with Crippen LogP contribution in [0, 0.1) is 57.7 Å². The van der Waals surface area contributed by atoms with E-state index in [1.54, 1.807) is 14.2 Å². The maximum atomic E-state index is 14.8. The first-order valence-corrected chi connectivity index (χ1v) is 30.1. The molecular weight excluding hydrogens is 968 g/mol. The maximum Gasteiger partial charge on any atom is 0.263 e. The minimum atomic E-state index is -1.56. The summed E-state index contributed by atoms with van der Waals surface area (Å²) in [5.74, 6) is 6.05. The molecule has 5 aliphatic rings. The molecule has 76 heavy (non-hydrogen) atoms. The number of nitriles is 1. The lowest BCUT2D eigenvalue weighted by atomic mass is 9.47. The van der Waals surface area contributed by atoms with Gasteiger partial charge in [0.1, 0.15) is 17.1 Å². The van der Waals surface area contributed by atoms with Crippen molar-refractivity contribution in [2.75, 3.05) is 40.6 Å². The van der Waals surface area contributed by atoms with Crippen LogP contribution < -0.4 is 9.47 Å². The summed E-state index contributed by atoms with van der Waals surface area (Å²) in [5.41, 5.74) is 4.88. The van der Waals surface area contributed by atoms with Crippen LogP contribution >= 0.6 is 8.53 Å². The van der Waals surface area contributed by atoms with E-state index in [1.807, 2.05) is 71.6 Å². The number of hydrogen-bond donors (Lipinski definition) is 0. The van der Waals surface area contributed by atoms with Crippen molar-refractivity contribution in [1.82, 2.24) is 9.57 Å². The third kappa shape index (κ3) is 12.4. The number of nitrogens with zero attached hydrogens (tertiary/aromatic N) is 4. The molecule has 1 unspecified atom stereocenters. The molecule has 0 bridgehead atoms. The molecule has 11 nitrogen and oxygen atoms in total. The molecule has 0 spiro atoms. The van der Waals surface area contributed by atoms with E-state index in [-0.39, 0.29) is 61.8 Å². The van der Waals surface area contributed by atoms with E-state index in [0.717, 1.165) is 88.7 Å². The molecule has 1 saturated heterocycles. The number of rotatable bonds is 24. The number of hydrogen-bond acceptors (Lipinski definition) is 10. The average Bonchev–Trinajstić information content (AvgIpc) is 4.18. The van der Waals surface area contributed by atoms with Crippen molar-refractivity contribution in [2.45, 2.75) is 176 Å². The van der Waals surface area contributed by atoms with Crippen LogP contribution in [-0.2, 0) is 29.0 Å². The maximum absolute atomic E-state index is 14.8. The number of ether oxygens (including phenoxy) is 3. The number of likely N-dealkylation sites (tertiary alicyclic amines) is 1. The van der Waals surface area contributed by atoms with Crippen molar-refractivity contribution in [3.8, 4) is 17.6 Å². The summed E-state index contributed by atoms with van der Waals surface area (Å²) in [6, 6.07) is 28.3. The summed E-state index contributed by atoms with van der Waals surface area (Å²) in [4.78, 5) is 22.8. The molecule has 4 fully saturated rings. The quantitative estimate of drug-likeness (QED) is 0.0284. The predicted octanol–water partition coefficient (Wildman–Crippen LogP) is 14.7. The van der Waals surface area contributed by atoms with E-state index in [4.69, 9.17) is 33.3 Å². The van der Waals surface area contributed by atoms with Gasteiger partial charge in [0.2, 0.25) is 0 Å². The third-order valence-electron chi connectivity index (χ3n) is 18.8. The second-order valence-corrected chi connectivity index (χ2v) is 25.8. The smallest absolute Gasteiger partial charge is 0.263 e. The van der Waals surface area contributed by atoms with Crippen molar-refractivity contribution in [3.05, 3.63) is 107 Å². The number of fused-ring (bicyclic) bond motifs is 5. The van der Waals surface area contributed by atoms with E-state index in [9.17, 15) is 10.1 Å². The van der Waals surface area contributed by atoms with Crippen molar-refractivity contribution < 1.29 is 32.9 Å². The highest BCUT2D eigenvalue weighted by Crippen LogP contribution is 2.67. The number of amides is 1. The topological polar surface area (TPSA) is 115 Å². The first-order valence-electron chi connectivity index (χ1n) is 29.0. The third-order valence-corrected chi connectivity index (χ3v) is 21.0. The highest BCUT2D eigenvalue weighted by atomic mass is 31.2. The number of benzene rings is 3. The summed E-state index contributed by atoms with van der Waals surface area (Å²) in [7, 11) is 1.77. The van der Waals surface area contributed by atoms with Gasteiger partial charge in [-0.2, -0.15) is 5.26 Å². The predicted molar refractivity (Wildman–Crippen MR) is 305 cm³/mol. The highest BCUT2D eigenvalue weighted by molar-refractivity contribution is 7.44. The van der Waals surface area contributed by atoms with Gasteiger partial charge < -0.3 is 33.0 Å². The minimum absolute atomic E-state index is 0.125. The molecule has 3 aromatic rings. The summed E-state index contributed by atoms with van der Waals surface area (Å²) >= 11 is 0. The van der Waals surface area contributed by atoms with E-state index in [0.29, 0.717) is 18.4 Å². The van der Waals surface area contributed by atoms with E-state index in [2.05, 4.69) is 91.3 Å². The molecule has 1 aliphatic heterocycles. The van der Waals surface area contributed by atoms with Gasteiger partial charge in [-0.1, -0.05) is 125 Å². The van der Waals surface area contributed by atoms with Gasteiger partial charge in [-0.25, -0.2) is 4.67 Å². The lowest BCUT2D eigenvalue weighted by molar-refractivity contribution is -0.139. The Kier molecular flexibility index (Phi) is 19.5. The van der Waals surface area contributed by atoms with Crippen LogP contribution in [0.1, 0.15) is 162 Å². The lowest BCUT2D eigenvalue weighted by Gasteiger charge is -2.58. The van der Waals surface area contributed by atoms with Crippen LogP contribution in [0.3, 0.4) is 0 Å². The van der Waals surface area contributed by atoms with Gasteiger partial charge in [0.25, 0.3) is 14.4 Å². The zero-order valence-corrected chi connectivity index (χ0v) is 48.9. The van der Waals surface area contributed by atoms with Gasteiger partial charge in [0.05, 0.1) is 57.8 Å². The van der Waals surface area contributed by atoms with Crippen LogP contribution in [0.15, 0.2) is 95.7 Å². The fourth-order valence-electron chi connectivity index (χ4n) is 15.0. The number of methoxy groups -OCH3 is 2. The Labute approximate surface area is 458 Å². The fourth-order valence-corrected chi connectivity index (χ4v) is 16.7. The van der Waals surface area contributed by atoms with Gasteiger partial charge >= 0.3 is 0 Å². The Morgan fingerprint density at radius 2 is 1.51 bits per heavy atom. The van der Waals surface area contributed by atoms with Crippen molar-refractivity contribution in [3.63, 3.8) is 0 Å². The van der Waals surface area contributed by atoms with E-state index < -0.39 is 14.1 Å². The second kappa shape index (κ2) is 25.7. The van der Waals surface area contributed by atoms with Crippen LogP contribution in [0.4, 0.5) is 0 Å². The lowest BCUT2D eigenvalue weighted by Crippen LogP contribution is -2.50. The van der Waals surface area contributed by atoms with Crippen LogP contribution in [-0.4, -0.2) is 86.0 Å². The zero-order chi connectivity index (χ0) is 54.2. The minimum Gasteiger partial charge on any atom is -0.497 e. The molecule has 3 aromatic carbocycles. The number of allylic oxidation sites excluding steroid dienone is 2. The Balaban J connectivity index is 1.01. The number of carbonyl (C=O) groups is 1. The molecule has 0 N–H and O–H groups in total. The molecule has 0 radical (unpaired) electrons. The van der Waals surface area contributed by atoms with Crippen molar-refractivity contribution in [2.24, 2.45) is 51.5 Å². The molecule has 8 rings (SSSR count). The van der Waals surface area contributed by atoms with Crippen molar-refractivity contribution in [1.29, 1.82) is 5.26 Å². The molecule has 0 aromatic heterocycles. The normalized spacial score (nSPS) is 27.7. The largest absolute Gasteiger partial charge is 0.497 e. The van der Waals surface area contributed by atoms with Crippen LogP contribution in [0.5, 0.6) is 11.5 Å². The van der Waals surface area contributed by atoms with Gasteiger partial charge in [-0.3, -0.25) is 4.79 Å². The van der Waals surface area contributed by atoms with Gasteiger partial charge in [0, 0.05) is 25.0 Å². The Morgan fingerprint density at radius 3 is 2.13 bits per heavy atom. The van der Waals surface area contributed by atoms with E-state index in [1.165, 1.54) is 56.9 Å². The molecule has 3 saturated carbocycles. The van der Waals surface area contributed by atoms with Crippen LogP contribution in [0.25, 0.3) is 0 Å². The fraction of sp³-hybridized carbons (Fsp3) is 0.641. The first-order chi connectivity index (χ1) is 36.6. The highest BCUT2D eigenvalue weighted by Gasteiger charge is 2.59. The number of oxime groups is 1. The molecule has 10 atom stereocenters. The van der Waals surface area contributed by atoms with Gasteiger partial charge in [-0.05, 0) is 166 Å². The summed E-state index contributed by atoms with van der Waals surface area (Å²) in [6.07, 6.45) is 16.5. The summed E-state index contributed by atoms with van der Waals surface area (Å²) < 4.78 is 34.3. The molecule has 414 valence electrons. The van der Waals surface area contributed by atoms with E-state index >= 15 is 0 Å². The summed E-state index contributed by atoms with van der Waals surface area (Å²) in [5, 5.41) is 14.2. The molecule has 4 aliphatic carbocycles. The first kappa shape index (κ1) is 57.9.